The largest absolute Gasteiger partial charge is 0.490 e. The van der Waals surface area contributed by atoms with Crippen molar-refractivity contribution in [3.63, 3.8) is 0 Å². The Morgan fingerprint density at radius 3 is 2.50 bits per heavy atom. The van der Waals surface area contributed by atoms with Crippen molar-refractivity contribution < 1.29 is 14.6 Å². The molecule has 1 aromatic heterocycles. The van der Waals surface area contributed by atoms with Crippen LogP contribution in [0.15, 0.2) is 30.3 Å². The summed E-state index contributed by atoms with van der Waals surface area (Å²) in [5, 5.41) is 30.4. The van der Waals surface area contributed by atoms with Gasteiger partial charge in [-0.1, -0.05) is 17.5 Å². The molecule has 2 heterocycles. The van der Waals surface area contributed by atoms with Crippen molar-refractivity contribution in [3.05, 3.63) is 52.3 Å². The molecule has 0 radical (unpaired) electrons. The van der Waals surface area contributed by atoms with E-state index in [1.165, 1.54) is 0 Å². The van der Waals surface area contributed by atoms with Gasteiger partial charge in [0.1, 0.15) is 17.5 Å². The average molecular weight is 534 g/mol. The zero-order chi connectivity index (χ0) is 26.5. The fourth-order valence-corrected chi connectivity index (χ4v) is 5.60. The molecular formula is C29H32ClN5O3. The first-order chi connectivity index (χ1) is 18.5. The minimum atomic E-state index is -0.228. The number of likely N-dealkylation sites (tertiary alicyclic amines) is 1. The van der Waals surface area contributed by atoms with Crippen molar-refractivity contribution >= 4 is 17.5 Å². The molecule has 5 rings (SSSR count). The van der Waals surface area contributed by atoms with Crippen LogP contribution in [0.3, 0.4) is 0 Å². The number of ether oxygens (including phenoxy) is 1. The summed E-state index contributed by atoms with van der Waals surface area (Å²) in [6, 6.07) is 11.2. The number of amides is 1. The van der Waals surface area contributed by atoms with Crippen LogP contribution in [0.5, 0.6) is 5.75 Å². The second kappa shape index (κ2) is 12.1. The lowest BCUT2D eigenvalue weighted by molar-refractivity contribution is 0.0279. The maximum absolute atomic E-state index is 12.7. The van der Waals surface area contributed by atoms with Crippen molar-refractivity contribution in [2.45, 2.75) is 75.7 Å². The van der Waals surface area contributed by atoms with Gasteiger partial charge in [-0.25, -0.2) is 0 Å². The lowest BCUT2D eigenvalue weighted by atomic mass is 9.79. The zero-order valence-electron chi connectivity index (χ0n) is 21.3. The number of aliphatic hydroxyl groups excluding tert-OH is 1. The van der Waals surface area contributed by atoms with Gasteiger partial charge < -0.3 is 20.1 Å². The first-order valence-corrected chi connectivity index (χ1v) is 13.8. The van der Waals surface area contributed by atoms with Crippen molar-refractivity contribution in [3.8, 4) is 23.7 Å². The number of carbonyl (C=O) groups excluding carboxylic acids is 1. The molecule has 0 spiro atoms. The van der Waals surface area contributed by atoms with Crippen LogP contribution in [-0.2, 0) is 0 Å². The highest BCUT2D eigenvalue weighted by Gasteiger charge is 2.34. The molecule has 8 nitrogen and oxygen atoms in total. The molecule has 1 aliphatic heterocycles. The topological polar surface area (TPSA) is 111 Å². The maximum Gasteiger partial charge on any atom is 0.272 e. The Hall–Kier alpha value is -3.17. The van der Waals surface area contributed by atoms with Gasteiger partial charge in [0.25, 0.3) is 5.91 Å². The molecule has 2 aromatic rings. The van der Waals surface area contributed by atoms with Crippen LogP contribution >= 0.6 is 11.6 Å². The number of nitriles is 1. The minimum Gasteiger partial charge on any atom is -0.490 e. The number of piperidine rings is 1. The number of hydrogen-bond acceptors (Lipinski definition) is 7. The summed E-state index contributed by atoms with van der Waals surface area (Å²) in [4.78, 5) is 15.2. The molecule has 2 saturated carbocycles. The highest BCUT2D eigenvalue weighted by molar-refractivity contribution is 6.31. The van der Waals surface area contributed by atoms with Crippen molar-refractivity contribution in [2.24, 2.45) is 5.92 Å². The fourth-order valence-electron chi connectivity index (χ4n) is 5.39. The first-order valence-electron chi connectivity index (χ1n) is 13.4. The number of nitrogens with one attached hydrogen (secondary N) is 1. The molecule has 0 unspecified atom stereocenters. The van der Waals surface area contributed by atoms with Crippen LogP contribution < -0.4 is 10.1 Å². The van der Waals surface area contributed by atoms with Crippen LogP contribution in [0, 0.1) is 29.1 Å². The van der Waals surface area contributed by atoms with E-state index in [-0.39, 0.29) is 29.9 Å². The highest BCUT2D eigenvalue weighted by Crippen LogP contribution is 2.33. The van der Waals surface area contributed by atoms with E-state index >= 15 is 0 Å². The third-order valence-electron chi connectivity index (χ3n) is 7.80. The SMILES string of the molecule is N#Cc1ccc(OC2CCC(NC(=O)c3ccc(C#CC4CC(N5CCC(O)CC5)C4)nn3)CC2)cc1Cl. The Kier molecular flexibility index (Phi) is 8.44. The molecule has 1 amide bonds. The molecule has 3 aliphatic rings. The summed E-state index contributed by atoms with van der Waals surface area (Å²) in [5.74, 6) is 7.19. The van der Waals surface area contributed by atoms with E-state index < -0.39 is 0 Å². The summed E-state index contributed by atoms with van der Waals surface area (Å²) in [7, 11) is 0. The molecule has 1 saturated heterocycles. The molecule has 2 N–H and O–H groups in total. The lowest BCUT2D eigenvalue weighted by Crippen LogP contribution is -2.48. The first kappa shape index (κ1) is 26.4. The predicted molar refractivity (Wildman–Crippen MR) is 143 cm³/mol. The Morgan fingerprint density at radius 2 is 1.84 bits per heavy atom. The van der Waals surface area contributed by atoms with Crippen molar-refractivity contribution in [1.29, 1.82) is 5.26 Å². The summed E-state index contributed by atoms with van der Waals surface area (Å²) in [6.45, 7) is 1.95. The summed E-state index contributed by atoms with van der Waals surface area (Å²) in [5.41, 5.74) is 1.29. The smallest absolute Gasteiger partial charge is 0.272 e. The number of aromatic nitrogens is 2. The summed E-state index contributed by atoms with van der Waals surface area (Å²) < 4.78 is 6.03. The number of benzene rings is 1. The molecule has 0 bridgehead atoms. The average Bonchev–Trinajstić information content (AvgIpc) is 2.90. The van der Waals surface area contributed by atoms with Gasteiger partial charge in [0.15, 0.2) is 5.69 Å². The van der Waals surface area contributed by atoms with Gasteiger partial charge in [0, 0.05) is 37.2 Å². The van der Waals surface area contributed by atoms with Gasteiger partial charge in [-0.2, -0.15) is 5.26 Å². The van der Waals surface area contributed by atoms with E-state index in [0.29, 0.717) is 34.0 Å². The van der Waals surface area contributed by atoms with E-state index in [1.54, 1.807) is 30.3 Å². The zero-order valence-corrected chi connectivity index (χ0v) is 22.0. The Bertz CT molecular complexity index is 1230. The molecule has 9 heteroatoms. The van der Waals surface area contributed by atoms with Gasteiger partial charge in [0.2, 0.25) is 0 Å². The second-order valence-electron chi connectivity index (χ2n) is 10.5. The molecular weight excluding hydrogens is 502 g/mol. The minimum absolute atomic E-state index is 0.0449. The Labute approximate surface area is 228 Å². The molecule has 0 atom stereocenters. The number of rotatable bonds is 5. The number of nitrogens with zero attached hydrogens (tertiary/aromatic N) is 4. The normalized spacial score (nSPS) is 25.8. The number of carbonyl (C=O) groups is 1. The van der Waals surface area contributed by atoms with Crippen molar-refractivity contribution in [1.82, 2.24) is 20.4 Å². The Balaban J connectivity index is 1.04. The summed E-state index contributed by atoms with van der Waals surface area (Å²) >= 11 is 6.10. The van der Waals surface area contributed by atoms with E-state index in [2.05, 4.69) is 32.3 Å². The van der Waals surface area contributed by atoms with Gasteiger partial charge in [-0.15, -0.1) is 10.2 Å². The number of hydrogen-bond donors (Lipinski definition) is 2. The molecule has 1 aromatic carbocycles. The van der Waals surface area contributed by atoms with E-state index in [1.807, 2.05) is 6.07 Å². The van der Waals surface area contributed by atoms with Gasteiger partial charge >= 0.3 is 0 Å². The van der Waals surface area contributed by atoms with Gasteiger partial charge in [-0.05, 0) is 81.6 Å². The van der Waals surface area contributed by atoms with E-state index in [9.17, 15) is 9.90 Å². The predicted octanol–water partition coefficient (Wildman–Crippen LogP) is 3.71. The standard InChI is InChI=1S/C29H32ClN5O3/c30-27-17-26(7-2-20(27)18-31)38-25-8-4-21(5-9-25)32-29(37)28-10-6-22(33-34-28)3-1-19-15-23(16-19)35-13-11-24(36)12-14-35/h2,6-7,10,17,19,21,23-25,36H,4-5,8-9,11-16H2,(H,32,37). The van der Waals surface area contributed by atoms with E-state index in [0.717, 1.165) is 64.5 Å². The summed E-state index contributed by atoms with van der Waals surface area (Å²) in [6.07, 6.45) is 6.99. The van der Waals surface area contributed by atoms with Crippen LogP contribution in [-0.4, -0.2) is 63.5 Å². The third kappa shape index (κ3) is 6.63. The van der Waals surface area contributed by atoms with Crippen LogP contribution in [0.1, 0.15) is 73.1 Å². The van der Waals surface area contributed by atoms with Crippen LogP contribution in [0.25, 0.3) is 0 Å². The fraction of sp³-hybridized carbons (Fsp3) is 0.517. The second-order valence-corrected chi connectivity index (χ2v) is 10.9. The third-order valence-corrected chi connectivity index (χ3v) is 8.12. The molecule has 2 aliphatic carbocycles. The number of halogens is 1. The van der Waals surface area contributed by atoms with Gasteiger partial charge in [-0.3, -0.25) is 4.79 Å². The van der Waals surface area contributed by atoms with E-state index in [4.69, 9.17) is 21.6 Å². The molecule has 3 fully saturated rings. The van der Waals surface area contributed by atoms with Crippen LogP contribution in [0.2, 0.25) is 5.02 Å². The lowest BCUT2D eigenvalue weighted by Gasteiger charge is -2.43. The van der Waals surface area contributed by atoms with Crippen LogP contribution in [0.4, 0.5) is 0 Å². The highest BCUT2D eigenvalue weighted by atomic mass is 35.5. The molecule has 38 heavy (non-hydrogen) atoms. The number of aliphatic hydroxyl groups is 1. The molecule has 198 valence electrons. The van der Waals surface area contributed by atoms with Crippen molar-refractivity contribution in [2.75, 3.05) is 13.1 Å². The van der Waals surface area contributed by atoms with Gasteiger partial charge in [0.05, 0.1) is 22.8 Å². The quantitative estimate of drug-likeness (QED) is 0.563. The maximum atomic E-state index is 12.7. The monoisotopic (exact) mass is 533 g/mol. The Morgan fingerprint density at radius 1 is 1.08 bits per heavy atom.